The Bertz CT molecular complexity index is 214. The number of halogens is 1. The van der Waals surface area contributed by atoms with E-state index >= 15 is 0 Å². The van der Waals surface area contributed by atoms with Gasteiger partial charge in [-0.1, -0.05) is 22.4 Å². The average Bonchev–Trinajstić information content (AvgIpc) is 2.72. The molecule has 1 aliphatic heterocycles. The first-order chi connectivity index (χ1) is 7.76. The van der Waals surface area contributed by atoms with Gasteiger partial charge in [-0.15, -0.1) is 0 Å². The van der Waals surface area contributed by atoms with Gasteiger partial charge in [0, 0.05) is 24.5 Å². The molecule has 0 aromatic heterocycles. The number of amides is 1. The number of likely N-dealkylation sites (tertiary alicyclic amines) is 1. The summed E-state index contributed by atoms with van der Waals surface area (Å²) in [6.45, 7) is 3.19. The Hall–Kier alpha value is -0.290. The third-order valence-corrected chi connectivity index (χ3v) is 3.45. The van der Waals surface area contributed by atoms with Gasteiger partial charge in [-0.05, 0) is 25.8 Å². The van der Waals surface area contributed by atoms with Crippen LogP contribution in [0.25, 0.3) is 0 Å². The van der Waals surface area contributed by atoms with Crippen LogP contribution in [0.15, 0.2) is 0 Å². The summed E-state index contributed by atoms with van der Waals surface area (Å²) in [4.78, 5) is 13.4. The van der Waals surface area contributed by atoms with Crippen molar-refractivity contribution in [1.82, 2.24) is 10.2 Å². The Kier molecular flexibility index (Phi) is 6.80. The average molecular weight is 293 g/mol. The molecule has 0 bridgehead atoms. The maximum absolute atomic E-state index is 11.0. The minimum Gasteiger partial charge on any atom is -0.453 e. The van der Waals surface area contributed by atoms with Crippen molar-refractivity contribution in [2.24, 2.45) is 0 Å². The number of rotatable bonds is 6. The first kappa shape index (κ1) is 13.8. The minimum atomic E-state index is -0.314. The number of nitrogens with zero attached hydrogens (tertiary/aromatic N) is 1. The van der Waals surface area contributed by atoms with Crippen LogP contribution in [-0.2, 0) is 4.74 Å². The smallest absolute Gasteiger partial charge is 0.407 e. The van der Waals surface area contributed by atoms with E-state index in [0.29, 0.717) is 0 Å². The van der Waals surface area contributed by atoms with Crippen molar-refractivity contribution in [2.45, 2.75) is 31.7 Å². The second kappa shape index (κ2) is 7.90. The zero-order valence-corrected chi connectivity index (χ0v) is 11.5. The fourth-order valence-corrected chi connectivity index (χ4v) is 2.38. The standard InChI is InChI=1S/C11H21BrN2O2/c1-16-11(15)13-10-5-8-14(9-10)7-4-2-3-6-12/h10H,2-9H2,1H3,(H,13,15). The highest BCUT2D eigenvalue weighted by atomic mass is 79.9. The molecule has 0 aromatic rings. The maximum Gasteiger partial charge on any atom is 0.407 e. The largest absolute Gasteiger partial charge is 0.453 e. The highest BCUT2D eigenvalue weighted by Crippen LogP contribution is 2.11. The molecule has 16 heavy (non-hydrogen) atoms. The number of alkyl carbamates (subject to hydrolysis) is 1. The number of carbonyl (C=O) groups excluding carboxylic acids is 1. The van der Waals surface area contributed by atoms with Gasteiger partial charge in [0.25, 0.3) is 0 Å². The first-order valence-corrected chi connectivity index (χ1v) is 7.01. The molecule has 0 saturated carbocycles. The molecule has 0 aromatic carbocycles. The van der Waals surface area contributed by atoms with Crippen LogP contribution in [-0.4, -0.2) is 49.1 Å². The molecule has 0 aliphatic carbocycles. The van der Waals surface area contributed by atoms with Crippen LogP contribution in [0.4, 0.5) is 4.79 Å². The predicted molar refractivity (Wildman–Crippen MR) is 68.0 cm³/mol. The van der Waals surface area contributed by atoms with Gasteiger partial charge in [0.2, 0.25) is 0 Å². The third-order valence-electron chi connectivity index (χ3n) is 2.89. The quantitative estimate of drug-likeness (QED) is 0.601. The van der Waals surface area contributed by atoms with Gasteiger partial charge >= 0.3 is 6.09 Å². The summed E-state index contributed by atoms with van der Waals surface area (Å²) >= 11 is 3.43. The molecule has 4 nitrogen and oxygen atoms in total. The van der Waals surface area contributed by atoms with E-state index in [0.717, 1.165) is 31.4 Å². The summed E-state index contributed by atoms with van der Waals surface area (Å²) < 4.78 is 4.59. The molecule has 1 rings (SSSR count). The summed E-state index contributed by atoms with van der Waals surface area (Å²) in [6.07, 6.45) is 4.49. The summed E-state index contributed by atoms with van der Waals surface area (Å²) in [6, 6.07) is 0.267. The molecule has 5 heteroatoms. The molecule has 1 heterocycles. The summed E-state index contributed by atoms with van der Waals surface area (Å²) in [5.74, 6) is 0. The van der Waals surface area contributed by atoms with Crippen LogP contribution in [0, 0.1) is 0 Å². The topological polar surface area (TPSA) is 41.6 Å². The molecular formula is C11H21BrN2O2. The molecule has 94 valence electrons. The predicted octanol–water partition coefficient (Wildman–Crippen LogP) is 1.98. The van der Waals surface area contributed by atoms with Gasteiger partial charge in [0.1, 0.15) is 0 Å². The lowest BCUT2D eigenvalue weighted by Crippen LogP contribution is -2.37. The van der Waals surface area contributed by atoms with Gasteiger partial charge in [-0.25, -0.2) is 4.79 Å². The van der Waals surface area contributed by atoms with Crippen molar-refractivity contribution in [1.29, 1.82) is 0 Å². The van der Waals surface area contributed by atoms with E-state index in [2.05, 4.69) is 30.9 Å². The van der Waals surface area contributed by atoms with Gasteiger partial charge in [0.15, 0.2) is 0 Å². The number of alkyl halides is 1. The zero-order chi connectivity index (χ0) is 11.8. The molecule has 1 fully saturated rings. The lowest BCUT2D eigenvalue weighted by Gasteiger charge is -2.15. The Morgan fingerprint density at radius 1 is 1.50 bits per heavy atom. The van der Waals surface area contributed by atoms with Crippen molar-refractivity contribution in [2.75, 3.05) is 32.1 Å². The minimum absolute atomic E-state index is 0.267. The molecule has 1 saturated heterocycles. The number of hydrogen-bond donors (Lipinski definition) is 1. The van der Waals surface area contributed by atoms with Gasteiger partial charge in [-0.3, -0.25) is 0 Å². The lowest BCUT2D eigenvalue weighted by molar-refractivity contribution is 0.166. The highest BCUT2D eigenvalue weighted by molar-refractivity contribution is 9.09. The van der Waals surface area contributed by atoms with Crippen molar-refractivity contribution < 1.29 is 9.53 Å². The second-order valence-electron chi connectivity index (χ2n) is 4.17. The molecule has 1 unspecified atom stereocenters. The van der Waals surface area contributed by atoms with Crippen LogP contribution >= 0.6 is 15.9 Å². The third kappa shape index (κ3) is 5.16. The van der Waals surface area contributed by atoms with Gasteiger partial charge in [0.05, 0.1) is 7.11 Å². The number of hydrogen-bond acceptors (Lipinski definition) is 3. The number of carbonyl (C=O) groups is 1. The first-order valence-electron chi connectivity index (χ1n) is 5.89. The Balaban J connectivity index is 2.07. The summed E-state index contributed by atoms with van der Waals surface area (Å²) in [5, 5.41) is 3.95. The Morgan fingerprint density at radius 2 is 2.31 bits per heavy atom. The normalized spacial score (nSPS) is 21.0. The lowest BCUT2D eigenvalue weighted by atomic mass is 10.2. The van der Waals surface area contributed by atoms with E-state index in [4.69, 9.17) is 0 Å². The van der Waals surface area contributed by atoms with Crippen LogP contribution in [0.3, 0.4) is 0 Å². The second-order valence-corrected chi connectivity index (χ2v) is 4.96. The SMILES string of the molecule is COC(=O)NC1CCN(CCCCCBr)C1. The number of methoxy groups -OCH3 is 1. The number of nitrogens with one attached hydrogen (secondary N) is 1. The summed E-state index contributed by atoms with van der Waals surface area (Å²) in [7, 11) is 1.41. The molecule has 1 aliphatic rings. The molecule has 1 atom stereocenters. The Morgan fingerprint density at radius 3 is 3.00 bits per heavy atom. The van der Waals surface area contributed by atoms with Crippen molar-refractivity contribution in [3.8, 4) is 0 Å². The zero-order valence-electron chi connectivity index (χ0n) is 9.88. The summed E-state index contributed by atoms with van der Waals surface area (Å²) in [5.41, 5.74) is 0. The number of unbranched alkanes of at least 4 members (excludes halogenated alkanes) is 2. The molecule has 1 amide bonds. The van der Waals surface area contributed by atoms with E-state index in [1.165, 1.54) is 26.4 Å². The van der Waals surface area contributed by atoms with Crippen molar-refractivity contribution in [3.05, 3.63) is 0 Å². The highest BCUT2D eigenvalue weighted by Gasteiger charge is 2.23. The fourth-order valence-electron chi connectivity index (χ4n) is 1.99. The maximum atomic E-state index is 11.0. The van der Waals surface area contributed by atoms with Gasteiger partial charge in [-0.2, -0.15) is 0 Å². The van der Waals surface area contributed by atoms with Gasteiger partial charge < -0.3 is 15.0 Å². The van der Waals surface area contributed by atoms with E-state index in [1.54, 1.807) is 0 Å². The van der Waals surface area contributed by atoms with Crippen LogP contribution in [0.5, 0.6) is 0 Å². The molecule has 0 radical (unpaired) electrons. The van der Waals surface area contributed by atoms with Crippen molar-refractivity contribution in [3.63, 3.8) is 0 Å². The van der Waals surface area contributed by atoms with E-state index in [1.807, 2.05) is 0 Å². The van der Waals surface area contributed by atoms with E-state index < -0.39 is 0 Å². The van der Waals surface area contributed by atoms with E-state index in [-0.39, 0.29) is 12.1 Å². The van der Waals surface area contributed by atoms with Crippen molar-refractivity contribution >= 4 is 22.0 Å². The van der Waals surface area contributed by atoms with E-state index in [9.17, 15) is 4.79 Å². The molecular weight excluding hydrogens is 272 g/mol. The van der Waals surface area contributed by atoms with Crippen LogP contribution < -0.4 is 5.32 Å². The monoisotopic (exact) mass is 292 g/mol. The Labute approximate surface area is 106 Å². The van der Waals surface area contributed by atoms with Crippen LogP contribution in [0.2, 0.25) is 0 Å². The number of ether oxygens (including phenoxy) is 1. The molecule has 0 spiro atoms. The van der Waals surface area contributed by atoms with Crippen LogP contribution in [0.1, 0.15) is 25.7 Å². The fraction of sp³-hybridized carbons (Fsp3) is 0.909. The molecule has 1 N–H and O–H groups in total.